The summed E-state index contributed by atoms with van der Waals surface area (Å²) in [5.41, 5.74) is 0. The Hall–Kier alpha value is -2.14. The largest absolute Gasteiger partial charge is 0.450 e. The lowest BCUT2D eigenvalue weighted by molar-refractivity contribution is 0.438. The minimum absolute atomic E-state index is 0.219. The van der Waals surface area contributed by atoms with Crippen LogP contribution in [0.3, 0.4) is 0 Å². The van der Waals surface area contributed by atoms with E-state index in [0.717, 1.165) is 32.0 Å². The van der Waals surface area contributed by atoms with Crippen LogP contribution in [-0.4, -0.2) is 31.2 Å². The number of hydrogen-bond donors (Lipinski definition) is 1. The zero-order valence-corrected chi connectivity index (χ0v) is 11.1. The Morgan fingerprint density at radius 3 is 2.60 bits per heavy atom. The third-order valence-electron chi connectivity index (χ3n) is 3.22. The number of ether oxygens (including phenoxy) is 1. The molecule has 3 rings (SSSR count). The predicted octanol–water partition coefficient (Wildman–Crippen LogP) is 2.42. The van der Waals surface area contributed by atoms with Crippen molar-refractivity contribution in [2.24, 2.45) is 0 Å². The van der Waals surface area contributed by atoms with E-state index in [-0.39, 0.29) is 11.6 Å². The molecule has 1 aromatic carbocycles. The van der Waals surface area contributed by atoms with E-state index in [1.807, 2.05) is 6.07 Å². The summed E-state index contributed by atoms with van der Waals surface area (Å²) in [6.07, 6.45) is 1.73. The number of pyridine rings is 1. The lowest BCUT2D eigenvalue weighted by Crippen LogP contribution is -2.44. The summed E-state index contributed by atoms with van der Waals surface area (Å²) < 4.78 is 19.4. The van der Waals surface area contributed by atoms with E-state index in [0.29, 0.717) is 5.75 Å². The molecule has 2 heterocycles. The maximum Gasteiger partial charge on any atom is 0.172 e. The van der Waals surface area contributed by atoms with Gasteiger partial charge in [0.1, 0.15) is 0 Å². The van der Waals surface area contributed by atoms with Crippen molar-refractivity contribution >= 4 is 5.82 Å². The van der Waals surface area contributed by atoms with Gasteiger partial charge in [0.25, 0.3) is 0 Å². The number of nitrogens with one attached hydrogen (secondary N) is 1. The van der Waals surface area contributed by atoms with Crippen molar-refractivity contribution in [3.8, 4) is 11.5 Å². The summed E-state index contributed by atoms with van der Waals surface area (Å²) in [5.74, 6) is 1.19. The number of rotatable bonds is 3. The molecule has 0 bridgehead atoms. The Kier molecular flexibility index (Phi) is 3.78. The first-order valence-electron chi connectivity index (χ1n) is 6.67. The molecule has 4 nitrogen and oxygen atoms in total. The Labute approximate surface area is 117 Å². The first-order chi connectivity index (χ1) is 9.84. The highest BCUT2D eigenvalue weighted by atomic mass is 19.1. The van der Waals surface area contributed by atoms with Crippen LogP contribution < -0.4 is 15.0 Å². The molecule has 1 N–H and O–H groups in total. The zero-order chi connectivity index (χ0) is 13.8. The SMILES string of the molecule is Fc1ccccc1Oc1cccnc1N1CCNCC1. The molecule has 104 valence electrons. The molecule has 0 radical (unpaired) electrons. The number of halogens is 1. The second-order valence-electron chi connectivity index (χ2n) is 4.59. The Morgan fingerprint density at radius 1 is 1.05 bits per heavy atom. The average Bonchev–Trinajstić information content (AvgIpc) is 2.51. The molecule has 2 aromatic rings. The van der Waals surface area contributed by atoms with E-state index in [1.165, 1.54) is 6.07 Å². The summed E-state index contributed by atoms with van der Waals surface area (Å²) in [6.45, 7) is 3.56. The first kappa shape index (κ1) is 12.9. The smallest absolute Gasteiger partial charge is 0.172 e. The molecule has 1 saturated heterocycles. The van der Waals surface area contributed by atoms with Crippen LogP contribution in [0.2, 0.25) is 0 Å². The Morgan fingerprint density at radius 2 is 1.80 bits per heavy atom. The minimum Gasteiger partial charge on any atom is -0.450 e. The molecule has 1 aliphatic rings. The molecule has 5 heteroatoms. The van der Waals surface area contributed by atoms with Crippen LogP contribution in [0.25, 0.3) is 0 Å². The van der Waals surface area contributed by atoms with Crippen LogP contribution in [0.4, 0.5) is 10.2 Å². The normalized spacial score (nSPS) is 15.2. The van der Waals surface area contributed by atoms with Crippen LogP contribution in [0.15, 0.2) is 42.6 Å². The van der Waals surface area contributed by atoms with E-state index >= 15 is 0 Å². The van der Waals surface area contributed by atoms with Gasteiger partial charge in [-0.2, -0.15) is 0 Å². The molecule has 1 fully saturated rings. The molecule has 0 aliphatic carbocycles. The highest BCUT2D eigenvalue weighted by Gasteiger charge is 2.17. The monoisotopic (exact) mass is 273 g/mol. The summed E-state index contributed by atoms with van der Waals surface area (Å²) >= 11 is 0. The molecule has 0 spiro atoms. The second-order valence-corrected chi connectivity index (χ2v) is 4.59. The van der Waals surface area contributed by atoms with E-state index < -0.39 is 0 Å². The summed E-state index contributed by atoms with van der Waals surface area (Å²) in [7, 11) is 0. The van der Waals surface area contributed by atoms with Gasteiger partial charge in [0.2, 0.25) is 0 Å². The van der Waals surface area contributed by atoms with Gasteiger partial charge >= 0.3 is 0 Å². The number of piperazine rings is 1. The van der Waals surface area contributed by atoms with Gasteiger partial charge in [-0.1, -0.05) is 12.1 Å². The highest BCUT2D eigenvalue weighted by Crippen LogP contribution is 2.31. The Balaban J connectivity index is 1.88. The predicted molar refractivity (Wildman–Crippen MR) is 75.8 cm³/mol. The number of hydrogen-bond acceptors (Lipinski definition) is 4. The van der Waals surface area contributed by atoms with Crippen molar-refractivity contribution in [3.63, 3.8) is 0 Å². The van der Waals surface area contributed by atoms with Gasteiger partial charge in [-0.25, -0.2) is 9.37 Å². The van der Waals surface area contributed by atoms with E-state index in [4.69, 9.17) is 4.74 Å². The van der Waals surface area contributed by atoms with Gasteiger partial charge in [0.05, 0.1) is 0 Å². The maximum absolute atomic E-state index is 13.7. The first-order valence-corrected chi connectivity index (χ1v) is 6.67. The molecule has 0 unspecified atom stereocenters. The summed E-state index contributed by atoms with van der Waals surface area (Å²) in [5, 5.41) is 3.29. The highest BCUT2D eigenvalue weighted by molar-refractivity contribution is 5.54. The van der Waals surface area contributed by atoms with Crippen molar-refractivity contribution in [3.05, 3.63) is 48.4 Å². The number of aromatic nitrogens is 1. The van der Waals surface area contributed by atoms with E-state index in [1.54, 1.807) is 30.5 Å². The van der Waals surface area contributed by atoms with Crippen LogP contribution >= 0.6 is 0 Å². The summed E-state index contributed by atoms with van der Waals surface area (Å²) in [6, 6.07) is 10.0. The van der Waals surface area contributed by atoms with Crippen molar-refractivity contribution in [2.45, 2.75) is 0 Å². The van der Waals surface area contributed by atoms with Crippen LogP contribution in [0, 0.1) is 5.82 Å². The molecule has 0 saturated carbocycles. The maximum atomic E-state index is 13.7. The van der Waals surface area contributed by atoms with Gasteiger partial charge in [0.15, 0.2) is 23.1 Å². The third-order valence-corrected chi connectivity index (χ3v) is 3.22. The average molecular weight is 273 g/mol. The fourth-order valence-electron chi connectivity index (χ4n) is 2.22. The van der Waals surface area contributed by atoms with Gasteiger partial charge in [0, 0.05) is 32.4 Å². The van der Waals surface area contributed by atoms with E-state index in [2.05, 4.69) is 15.2 Å². The van der Waals surface area contributed by atoms with Gasteiger partial charge in [-0.05, 0) is 24.3 Å². The third kappa shape index (κ3) is 2.72. The fourth-order valence-corrected chi connectivity index (χ4v) is 2.22. The number of para-hydroxylation sites is 1. The molecule has 0 amide bonds. The molecule has 1 aromatic heterocycles. The fraction of sp³-hybridized carbons (Fsp3) is 0.267. The minimum atomic E-state index is -0.373. The van der Waals surface area contributed by atoms with E-state index in [9.17, 15) is 4.39 Å². The topological polar surface area (TPSA) is 37.4 Å². The molecule has 0 atom stereocenters. The van der Waals surface area contributed by atoms with Crippen molar-refractivity contribution in [1.82, 2.24) is 10.3 Å². The number of nitrogens with zero attached hydrogens (tertiary/aromatic N) is 2. The van der Waals surface area contributed by atoms with Gasteiger partial charge in [-0.15, -0.1) is 0 Å². The lowest BCUT2D eigenvalue weighted by Gasteiger charge is -2.29. The second kappa shape index (κ2) is 5.88. The molecule has 1 aliphatic heterocycles. The molecular formula is C15H16FN3O. The number of anilines is 1. The number of benzene rings is 1. The van der Waals surface area contributed by atoms with Gasteiger partial charge in [-0.3, -0.25) is 0 Å². The zero-order valence-electron chi connectivity index (χ0n) is 11.1. The summed E-state index contributed by atoms with van der Waals surface area (Å²) in [4.78, 5) is 6.52. The van der Waals surface area contributed by atoms with Crippen molar-refractivity contribution < 1.29 is 9.13 Å². The molecular weight excluding hydrogens is 257 g/mol. The lowest BCUT2D eigenvalue weighted by atomic mass is 10.3. The standard InChI is InChI=1S/C15H16FN3O/c16-12-4-1-2-5-13(12)20-14-6-3-7-18-15(14)19-10-8-17-9-11-19/h1-7,17H,8-11H2. The van der Waals surface area contributed by atoms with Gasteiger partial charge < -0.3 is 15.0 Å². The van der Waals surface area contributed by atoms with Crippen molar-refractivity contribution in [1.29, 1.82) is 0 Å². The van der Waals surface area contributed by atoms with Crippen LogP contribution in [0.1, 0.15) is 0 Å². The quantitative estimate of drug-likeness (QED) is 0.932. The van der Waals surface area contributed by atoms with Crippen molar-refractivity contribution in [2.75, 3.05) is 31.1 Å². The molecule has 20 heavy (non-hydrogen) atoms. The Bertz CT molecular complexity index is 585. The van der Waals surface area contributed by atoms with Crippen LogP contribution in [-0.2, 0) is 0 Å². The van der Waals surface area contributed by atoms with Crippen LogP contribution in [0.5, 0.6) is 11.5 Å².